The van der Waals surface area contributed by atoms with Crippen LogP contribution < -0.4 is 10.6 Å². The first-order chi connectivity index (χ1) is 10.2. The Bertz CT molecular complexity index is 386. The van der Waals surface area contributed by atoms with Gasteiger partial charge in [-0.2, -0.15) is 0 Å². The van der Waals surface area contributed by atoms with Crippen LogP contribution in [0, 0.1) is 0 Å². The molecule has 0 saturated heterocycles. The number of hydrogen-bond donors (Lipinski definition) is 2. The van der Waals surface area contributed by atoms with Crippen LogP contribution in [0.2, 0.25) is 0 Å². The van der Waals surface area contributed by atoms with Crippen LogP contribution >= 0.6 is 0 Å². The summed E-state index contributed by atoms with van der Waals surface area (Å²) < 4.78 is 0. The number of rotatable bonds is 5. The van der Waals surface area contributed by atoms with Crippen molar-refractivity contribution < 1.29 is 9.59 Å². The van der Waals surface area contributed by atoms with Crippen molar-refractivity contribution in [2.45, 2.75) is 60.9 Å². The Morgan fingerprint density at radius 1 is 0.857 bits per heavy atom. The lowest BCUT2D eigenvalue weighted by molar-refractivity contribution is -0.121. The molecule has 4 nitrogen and oxygen atoms in total. The second-order valence-corrected chi connectivity index (χ2v) is 3.73. The average molecular weight is 294 g/mol. The average Bonchev–Trinajstić information content (AvgIpc) is 2.57. The van der Waals surface area contributed by atoms with Gasteiger partial charge in [-0.3, -0.25) is 9.59 Å². The molecule has 21 heavy (non-hydrogen) atoms. The third kappa shape index (κ3) is 10.6. The lowest BCUT2D eigenvalue weighted by atomic mass is 10.2. The van der Waals surface area contributed by atoms with E-state index < -0.39 is 0 Å². The number of benzene rings is 1. The third-order valence-corrected chi connectivity index (χ3v) is 2.37. The molecule has 0 heterocycles. The number of amides is 2. The molecule has 0 aliphatic rings. The zero-order valence-electron chi connectivity index (χ0n) is 14.2. The normalized spacial score (nSPS) is 8.48. The second kappa shape index (κ2) is 14.6. The smallest absolute Gasteiger partial charge is 0.224 e. The summed E-state index contributed by atoms with van der Waals surface area (Å²) >= 11 is 0. The molecule has 2 amide bonds. The van der Waals surface area contributed by atoms with Crippen molar-refractivity contribution in [3.8, 4) is 0 Å². The van der Waals surface area contributed by atoms with Crippen molar-refractivity contribution >= 4 is 17.5 Å². The Morgan fingerprint density at radius 2 is 1.33 bits per heavy atom. The van der Waals surface area contributed by atoms with Gasteiger partial charge in [0.15, 0.2) is 0 Å². The van der Waals surface area contributed by atoms with Crippen LogP contribution in [0.3, 0.4) is 0 Å². The summed E-state index contributed by atoms with van der Waals surface area (Å²) in [6, 6.07) is 7.45. The number of nitrogens with one attached hydrogen (secondary N) is 2. The highest BCUT2D eigenvalue weighted by molar-refractivity contribution is 5.90. The molecule has 0 aliphatic carbocycles. The molecule has 1 aromatic rings. The fourth-order valence-electron chi connectivity index (χ4n) is 1.28. The van der Waals surface area contributed by atoms with Gasteiger partial charge >= 0.3 is 0 Å². The van der Waals surface area contributed by atoms with Crippen molar-refractivity contribution in [3.05, 3.63) is 29.8 Å². The van der Waals surface area contributed by atoms with E-state index in [1.807, 2.05) is 65.8 Å². The van der Waals surface area contributed by atoms with Crippen LogP contribution in [-0.2, 0) is 16.1 Å². The van der Waals surface area contributed by atoms with Crippen LogP contribution in [0.1, 0.15) is 59.9 Å². The molecule has 0 saturated carbocycles. The Hall–Kier alpha value is -1.84. The first-order valence-electron chi connectivity index (χ1n) is 7.81. The van der Waals surface area contributed by atoms with Crippen LogP contribution in [0.25, 0.3) is 0 Å². The predicted molar refractivity (Wildman–Crippen MR) is 90.2 cm³/mol. The molecule has 0 spiro atoms. The number of carbonyl (C=O) groups excluding carboxylic acids is 2. The van der Waals surface area contributed by atoms with E-state index in [-0.39, 0.29) is 11.8 Å². The summed E-state index contributed by atoms with van der Waals surface area (Å²) in [6.07, 6.45) is 0.957. The van der Waals surface area contributed by atoms with E-state index in [1.165, 1.54) is 0 Å². The highest BCUT2D eigenvalue weighted by atomic mass is 16.2. The lowest BCUT2D eigenvalue weighted by Gasteiger charge is -2.06. The fourth-order valence-corrected chi connectivity index (χ4v) is 1.28. The predicted octanol–water partition coefficient (Wildman–Crippen LogP) is 4.11. The molecule has 0 atom stereocenters. The van der Waals surface area contributed by atoms with Gasteiger partial charge in [-0.05, 0) is 17.7 Å². The maximum Gasteiger partial charge on any atom is 0.224 e. The summed E-state index contributed by atoms with van der Waals surface area (Å²) in [6.45, 7) is 12.2. The molecule has 4 heteroatoms. The monoisotopic (exact) mass is 294 g/mol. The van der Waals surface area contributed by atoms with Crippen LogP contribution in [0.15, 0.2) is 24.3 Å². The molecule has 0 aromatic heterocycles. The Labute approximate surface area is 129 Å². The number of anilines is 1. The summed E-state index contributed by atoms with van der Waals surface area (Å²) in [5.74, 6) is 0.0328. The van der Waals surface area contributed by atoms with Gasteiger partial charge in [-0.1, -0.05) is 53.7 Å². The highest BCUT2D eigenvalue weighted by Crippen LogP contribution is 2.09. The number of carbonyl (C=O) groups is 2. The van der Waals surface area contributed by atoms with E-state index in [2.05, 4.69) is 10.6 Å². The van der Waals surface area contributed by atoms with E-state index in [0.29, 0.717) is 19.4 Å². The minimum atomic E-state index is -0.00274. The van der Waals surface area contributed by atoms with Crippen molar-refractivity contribution in [3.63, 3.8) is 0 Å². The minimum absolute atomic E-state index is 0.00274. The molecule has 120 valence electrons. The van der Waals surface area contributed by atoms with Crippen molar-refractivity contribution in [2.75, 3.05) is 5.32 Å². The SMILES string of the molecule is CC.CC.CCC(=O)NCc1ccc(NC(=O)CC)cc1. The number of hydrogen-bond acceptors (Lipinski definition) is 2. The van der Waals surface area contributed by atoms with Gasteiger partial charge in [-0.15, -0.1) is 0 Å². The van der Waals surface area contributed by atoms with Crippen LogP contribution in [0.5, 0.6) is 0 Å². The fraction of sp³-hybridized carbons (Fsp3) is 0.529. The highest BCUT2D eigenvalue weighted by Gasteiger charge is 2.00. The van der Waals surface area contributed by atoms with E-state index in [9.17, 15) is 9.59 Å². The van der Waals surface area contributed by atoms with Crippen LogP contribution in [-0.4, -0.2) is 11.8 Å². The lowest BCUT2D eigenvalue weighted by Crippen LogP contribution is -2.21. The zero-order chi connectivity index (χ0) is 16.7. The molecule has 1 rings (SSSR count). The topological polar surface area (TPSA) is 58.2 Å². The van der Waals surface area contributed by atoms with Gasteiger partial charge in [0.25, 0.3) is 0 Å². The Balaban J connectivity index is 0. The van der Waals surface area contributed by atoms with Crippen LogP contribution in [0.4, 0.5) is 5.69 Å². The molecule has 0 aliphatic heterocycles. The molecular weight excluding hydrogens is 264 g/mol. The minimum Gasteiger partial charge on any atom is -0.352 e. The van der Waals surface area contributed by atoms with E-state index in [0.717, 1.165) is 11.3 Å². The second-order valence-electron chi connectivity index (χ2n) is 3.73. The van der Waals surface area contributed by atoms with E-state index in [1.54, 1.807) is 0 Å². The van der Waals surface area contributed by atoms with Crippen molar-refractivity contribution in [1.29, 1.82) is 0 Å². The van der Waals surface area contributed by atoms with Gasteiger partial charge in [0.05, 0.1) is 0 Å². The molecule has 0 unspecified atom stereocenters. The Morgan fingerprint density at radius 3 is 1.76 bits per heavy atom. The largest absolute Gasteiger partial charge is 0.352 e. The molecule has 0 fully saturated rings. The van der Waals surface area contributed by atoms with Gasteiger partial charge in [0.1, 0.15) is 0 Å². The first-order valence-corrected chi connectivity index (χ1v) is 7.81. The van der Waals surface area contributed by atoms with E-state index >= 15 is 0 Å². The molecule has 2 N–H and O–H groups in total. The first kappa shape index (κ1) is 21.5. The van der Waals surface area contributed by atoms with Crippen molar-refractivity contribution in [1.82, 2.24) is 5.32 Å². The summed E-state index contributed by atoms with van der Waals surface area (Å²) in [7, 11) is 0. The van der Waals surface area contributed by atoms with Gasteiger partial charge < -0.3 is 10.6 Å². The molecular formula is C17H30N2O2. The van der Waals surface area contributed by atoms with Crippen molar-refractivity contribution in [2.24, 2.45) is 0 Å². The summed E-state index contributed by atoms with van der Waals surface area (Å²) in [5, 5.41) is 5.56. The van der Waals surface area contributed by atoms with Gasteiger partial charge in [0, 0.05) is 25.1 Å². The maximum absolute atomic E-state index is 11.2. The van der Waals surface area contributed by atoms with Gasteiger partial charge in [0.2, 0.25) is 11.8 Å². The molecule has 0 radical (unpaired) electrons. The summed E-state index contributed by atoms with van der Waals surface area (Å²) in [4.78, 5) is 22.2. The third-order valence-electron chi connectivity index (χ3n) is 2.37. The maximum atomic E-state index is 11.2. The quantitative estimate of drug-likeness (QED) is 0.858. The van der Waals surface area contributed by atoms with Gasteiger partial charge in [-0.25, -0.2) is 0 Å². The summed E-state index contributed by atoms with van der Waals surface area (Å²) in [5.41, 5.74) is 1.80. The zero-order valence-corrected chi connectivity index (χ0v) is 14.2. The Kier molecular flexibility index (Phi) is 14.9. The molecule has 1 aromatic carbocycles. The standard InChI is InChI=1S/C13H18N2O2.2C2H6/c1-3-12(16)14-9-10-5-7-11(8-6-10)15-13(17)4-2;2*1-2/h5-8H,3-4,9H2,1-2H3,(H,14,16)(H,15,17);2*1-2H3. The molecule has 0 bridgehead atoms. The van der Waals surface area contributed by atoms with E-state index in [4.69, 9.17) is 0 Å².